The van der Waals surface area contributed by atoms with Gasteiger partial charge in [0.05, 0.1) is 18.4 Å². The van der Waals surface area contributed by atoms with Gasteiger partial charge in [0, 0.05) is 29.9 Å². The van der Waals surface area contributed by atoms with E-state index in [0.717, 1.165) is 0 Å². The third-order valence-electron chi connectivity index (χ3n) is 3.99. The first kappa shape index (κ1) is 17.9. The number of hydrazone groups is 1. The molecule has 0 saturated heterocycles. The number of methoxy groups -OCH3 is 1. The fourth-order valence-electron chi connectivity index (χ4n) is 2.83. The van der Waals surface area contributed by atoms with Crippen molar-refractivity contribution in [3.63, 3.8) is 0 Å². The van der Waals surface area contributed by atoms with Gasteiger partial charge in [-0.15, -0.1) is 13.2 Å². The molecule has 6 nitrogen and oxygen atoms in total. The molecule has 0 bridgehead atoms. The van der Waals surface area contributed by atoms with Gasteiger partial charge in [-0.1, -0.05) is 0 Å². The average Bonchev–Trinajstić information content (AvgIpc) is 2.95. The zero-order valence-corrected chi connectivity index (χ0v) is 13.7. The van der Waals surface area contributed by atoms with Crippen LogP contribution in [0.3, 0.4) is 0 Å². The van der Waals surface area contributed by atoms with Gasteiger partial charge in [-0.3, -0.25) is 9.78 Å². The number of carbonyl (C=O) groups excluding carboxylic acids is 1. The van der Waals surface area contributed by atoms with Crippen LogP contribution >= 0.6 is 0 Å². The van der Waals surface area contributed by atoms with E-state index >= 15 is 0 Å². The number of benzene rings is 1. The number of nitrogens with zero attached hydrogens (tertiary/aromatic N) is 2. The van der Waals surface area contributed by atoms with Crippen molar-refractivity contribution in [2.75, 3.05) is 7.11 Å². The number of hydrogen-bond acceptors (Lipinski definition) is 4. The molecule has 1 aromatic carbocycles. The van der Waals surface area contributed by atoms with Crippen LogP contribution in [0.25, 0.3) is 0 Å². The summed E-state index contributed by atoms with van der Waals surface area (Å²) in [6.07, 6.45) is -1.47. The summed E-state index contributed by atoms with van der Waals surface area (Å²) in [5.41, 5.74) is 4.09. The molecule has 0 saturated carbocycles. The van der Waals surface area contributed by atoms with Crippen molar-refractivity contribution in [1.29, 1.82) is 0 Å². The Morgan fingerprint density at radius 1 is 1.38 bits per heavy atom. The van der Waals surface area contributed by atoms with E-state index < -0.39 is 18.2 Å². The van der Waals surface area contributed by atoms with E-state index in [1.165, 1.54) is 19.5 Å². The molecule has 3 N–H and O–H groups in total. The maximum atomic E-state index is 12.8. The van der Waals surface area contributed by atoms with Gasteiger partial charge in [0.1, 0.15) is 11.8 Å². The first-order valence-corrected chi connectivity index (χ1v) is 7.75. The van der Waals surface area contributed by atoms with E-state index in [-0.39, 0.29) is 6.42 Å². The van der Waals surface area contributed by atoms with Crippen LogP contribution in [-0.4, -0.2) is 30.0 Å². The fraction of sp³-hybridized carbons (Fsp3) is 0.235. The summed E-state index contributed by atoms with van der Waals surface area (Å²) in [5.74, 6) is -0.0196. The number of hydrogen-bond donors (Lipinski definition) is 2. The van der Waals surface area contributed by atoms with Gasteiger partial charge < -0.3 is 4.74 Å². The number of carbonyl (C=O) groups is 1. The van der Waals surface area contributed by atoms with E-state index in [1.54, 1.807) is 30.3 Å². The Morgan fingerprint density at radius 3 is 2.85 bits per heavy atom. The maximum absolute atomic E-state index is 12.8. The number of alkyl halides is 3. The first-order chi connectivity index (χ1) is 12.4. The van der Waals surface area contributed by atoms with Crippen molar-refractivity contribution >= 4 is 11.6 Å². The summed E-state index contributed by atoms with van der Waals surface area (Å²) in [4.78, 5) is 15.9. The molecule has 136 valence electrons. The van der Waals surface area contributed by atoms with Crippen molar-refractivity contribution in [3.05, 3.63) is 59.4 Å². The maximum Gasteiger partial charge on any atom is 0.558 e. The number of quaternary nitrogens is 1. The number of pyridine rings is 1. The van der Waals surface area contributed by atoms with Crippen molar-refractivity contribution < 1.29 is 28.0 Å². The minimum atomic E-state index is -4.42. The lowest BCUT2D eigenvalue weighted by atomic mass is 10.1. The van der Waals surface area contributed by atoms with Crippen LogP contribution in [0.4, 0.5) is 13.2 Å². The Bertz CT molecular complexity index is 838. The number of nitrogens with one attached hydrogen (secondary N) is 1. The van der Waals surface area contributed by atoms with E-state index in [2.05, 4.69) is 15.5 Å². The number of fused-ring (bicyclic) bond motifs is 1. The highest BCUT2D eigenvalue weighted by Crippen LogP contribution is 2.32. The molecule has 0 fully saturated rings. The summed E-state index contributed by atoms with van der Waals surface area (Å²) in [6, 6.07) is 7.15. The van der Waals surface area contributed by atoms with Gasteiger partial charge in [-0.05, 0) is 30.3 Å². The van der Waals surface area contributed by atoms with Crippen LogP contribution in [0, 0.1) is 0 Å². The van der Waals surface area contributed by atoms with E-state index in [0.29, 0.717) is 33.5 Å². The Kier molecular flexibility index (Phi) is 4.90. The highest BCUT2D eigenvalue weighted by Gasteiger charge is 2.42. The number of amides is 1. The molecular weight excluding hydrogens is 349 g/mol. The van der Waals surface area contributed by atoms with Gasteiger partial charge >= 0.3 is 6.30 Å². The minimum Gasteiger partial charge on any atom is -0.497 e. The molecule has 1 amide bonds. The van der Waals surface area contributed by atoms with Gasteiger partial charge in [-0.25, -0.2) is 10.7 Å². The minimum absolute atomic E-state index is 0.0370. The Hall–Kier alpha value is -2.94. The lowest BCUT2D eigenvalue weighted by Gasteiger charge is -2.12. The molecule has 3 rings (SSSR count). The monoisotopic (exact) mass is 365 g/mol. The lowest BCUT2D eigenvalue weighted by Crippen LogP contribution is -2.93. The molecular formula is C17H16F3N4O2+. The van der Waals surface area contributed by atoms with Crippen LogP contribution in [0.2, 0.25) is 0 Å². The third-order valence-corrected chi connectivity index (χ3v) is 3.99. The van der Waals surface area contributed by atoms with Crippen molar-refractivity contribution in [2.24, 2.45) is 5.10 Å². The predicted molar refractivity (Wildman–Crippen MR) is 86.6 cm³/mol. The molecule has 1 aliphatic rings. The molecule has 0 aliphatic heterocycles. The summed E-state index contributed by atoms with van der Waals surface area (Å²) in [6.45, 7) is 0. The van der Waals surface area contributed by atoms with Gasteiger partial charge in [0.2, 0.25) is 0 Å². The molecule has 0 spiro atoms. The zero-order chi connectivity index (χ0) is 18.7. The highest BCUT2D eigenvalue weighted by molar-refractivity contribution is 6.06. The van der Waals surface area contributed by atoms with Crippen molar-refractivity contribution in [3.8, 4) is 5.75 Å². The van der Waals surface area contributed by atoms with Gasteiger partial charge in [0.25, 0.3) is 5.91 Å². The summed E-state index contributed by atoms with van der Waals surface area (Å²) in [7, 11) is 1.45. The van der Waals surface area contributed by atoms with Crippen LogP contribution in [0.1, 0.15) is 33.9 Å². The van der Waals surface area contributed by atoms with Crippen LogP contribution < -0.4 is 15.5 Å². The standard InChI is InChI=1S/C17H15F3N4O2/c1-26-11-4-5-12-13(7-11)14(22-17(18,19)20)8-15(12)23-24-16(25)10-3-2-6-21-9-10/h2-7,9,14,22H,8H2,1H3,(H,24,25)/p+1/b23-15-/t14-/m1/s1. The molecule has 2 aromatic rings. The second-order valence-electron chi connectivity index (χ2n) is 5.71. The SMILES string of the molecule is COc1ccc2c(c1)[C@H]([NH2+]C(F)(F)F)C/C2=N/NC(=O)c1cccnc1. The summed E-state index contributed by atoms with van der Waals surface area (Å²) in [5, 5.41) is 4.37. The van der Waals surface area contributed by atoms with Gasteiger partial charge in [0.15, 0.2) is 0 Å². The molecule has 1 atom stereocenters. The molecule has 0 unspecified atom stereocenters. The highest BCUT2D eigenvalue weighted by atomic mass is 19.4. The topological polar surface area (TPSA) is 80.2 Å². The number of rotatable bonds is 4. The number of aromatic nitrogens is 1. The van der Waals surface area contributed by atoms with Crippen molar-refractivity contribution in [2.45, 2.75) is 18.8 Å². The van der Waals surface area contributed by atoms with Gasteiger partial charge in [-0.2, -0.15) is 5.10 Å². The van der Waals surface area contributed by atoms with E-state index in [9.17, 15) is 18.0 Å². The normalized spacial score (nSPS) is 17.8. The van der Waals surface area contributed by atoms with Crippen LogP contribution in [0.15, 0.2) is 47.8 Å². The Labute approximate surface area is 147 Å². The predicted octanol–water partition coefficient (Wildman–Crippen LogP) is 1.75. The quantitative estimate of drug-likeness (QED) is 0.640. The summed E-state index contributed by atoms with van der Waals surface area (Å²) >= 11 is 0. The molecule has 1 heterocycles. The van der Waals surface area contributed by atoms with Crippen molar-refractivity contribution in [1.82, 2.24) is 10.4 Å². The largest absolute Gasteiger partial charge is 0.558 e. The third kappa shape index (κ3) is 3.99. The van der Waals surface area contributed by atoms with E-state index in [1.807, 2.05) is 0 Å². The molecule has 0 radical (unpaired) electrons. The van der Waals surface area contributed by atoms with E-state index in [4.69, 9.17) is 4.74 Å². The molecule has 26 heavy (non-hydrogen) atoms. The van der Waals surface area contributed by atoms with Crippen LogP contribution in [0.5, 0.6) is 5.75 Å². The second-order valence-corrected chi connectivity index (χ2v) is 5.71. The van der Waals surface area contributed by atoms with Crippen LogP contribution in [-0.2, 0) is 0 Å². The smallest absolute Gasteiger partial charge is 0.497 e. The molecule has 9 heteroatoms. The molecule has 1 aliphatic carbocycles. The summed E-state index contributed by atoms with van der Waals surface area (Å²) < 4.78 is 43.6. The second kappa shape index (κ2) is 7.12. The number of halogens is 3. The number of ether oxygens (including phenoxy) is 1. The first-order valence-electron chi connectivity index (χ1n) is 7.75. The lowest BCUT2D eigenvalue weighted by molar-refractivity contribution is -0.840. The fourth-order valence-corrected chi connectivity index (χ4v) is 2.83. The molecule has 1 aromatic heterocycles. The zero-order valence-electron chi connectivity index (χ0n) is 13.7. The number of nitrogens with two attached hydrogens (primary N) is 1. The Morgan fingerprint density at radius 2 is 2.19 bits per heavy atom. The average molecular weight is 365 g/mol. The Balaban J connectivity index is 1.86.